The third-order valence-electron chi connectivity index (χ3n) is 2.57. The van der Waals surface area contributed by atoms with Crippen LogP contribution in [0.15, 0.2) is 24.3 Å². The largest absolute Gasteiger partial charge is 0.480 e. The molecule has 4 heteroatoms. The predicted octanol–water partition coefficient (Wildman–Crippen LogP) is 1.55. The Labute approximate surface area is 95.1 Å². The first-order valence-electron chi connectivity index (χ1n) is 4.76. The van der Waals surface area contributed by atoms with Gasteiger partial charge in [0.1, 0.15) is 0 Å². The van der Waals surface area contributed by atoms with Crippen molar-refractivity contribution in [1.82, 2.24) is 4.90 Å². The van der Waals surface area contributed by atoms with E-state index in [2.05, 4.69) is 12.1 Å². The van der Waals surface area contributed by atoms with Crippen LogP contribution in [0.25, 0.3) is 0 Å². The molecule has 0 aliphatic carbocycles. The lowest BCUT2D eigenvalue weighted by atomic mass is 10.0. The molecule has 0 saturated heterocycles. The van der Waals surface area contributed by atoms with Crippen molar-refractivity contribution >= 4 is 18.4 Å². The highest BCUT2D eigenvalue weighted by atomic mass is 35.5. The van der Waals surface area contributed by atoms with Crippen LogP contribution >= 0.6 is 12.4 Å². The monoisotopic (exact) mass is 227 g/mol. The van der Waals surface area contributed by atoms with Gasteiger partial charge in [-0.25, -0.2) is 0 Å². The van der Waals surface area contributed by atoms with Crippen LogP contribution in [0.4, 0.5) is 0 Å². The van der Waals surface area contributed by atoms with Gasteiger partial charge in [-0.15, -0.1) is 12.4 Å². The van der Waals surface area contributed by atoms with Gasteiger partial charge >= 0.3 is 5.97 Å². The van der Waals surface area contributed by atoms with Crippen molar-refractivity contribution in [2.24, 2.45) is 0 Å². The van der Waals surface area contributed by atoms with E-state index >= 15 is 0 Å². The van der Waals surface area contributed by atoms with Crippen LogP contribution in [-0.4, -0.2) is 29.1 Å². The van der Waals surface area contributed by atoms with E-state index in [0.29, 0.717) is 0 Å². The summed E-state index contributed by atoms with van der Waals surface area (Å²) in [6, 6.07) is 8.23. The summed E-state index contributed by atoms with van der Waals surface area (Å²) in [5.41, 5.74) is 2.62. The smallest absolute Gasteiger partial charge is 0.317 e. The highest BCUT2D eigenvalue weighted by molar-refractivity contribution is 5.85. The second-order valence-corrected chi connectivity index (χ2v) is 3.62. The normalized spacial score (nSPS) is 15.2. The zero-order chi connectivity index (χ0) is 9.97. The molecule has 0 amide bonds. The molecule has 1 heterocycles. The Kier molecular flexibility index (Phi) is 4.12. The van der Waals surface area contributed by atoms with E-state index in [1.165, 1.54) is 11.1 Å². The molecule has 1 aliphatic heterocycles. The maximum Gasteiger partial charge on any atom is 0.317 e. The van der Waals surface area contributed by atoms with Crippen molar-refractivity contribution in [3.8, 4) is 0 Å². The quantitative estimate of drug-likeness (QED) is 0.834. The number of hydrogen-bond donors (Lipinski definition) is 1. The molecule has 0 unspecified atom stereocenters. The van der Waals surface area contributed by atoms with E-state index in [0.717, 1.165) is 19.5 Å². The molecule has 0 bridgehead atoms. The average molecular weight is 228 g/mol. The summed E-state index contributed by atoms with van der Waals surface area (Å²) in [6.45, 7) is 1.76. The SMILES string of the molecule is Cl.O=C(O)CN1CCc2ccccc2C1. The molecule has 2 rings (SSSR count). The first-order chi connectivity index (χ1) is 6.75. The maximum absolute atomic E-state index is 10.5. The van der Waals surface area contributed by atoms with Gasteiger partial charge in [0, 0.05) is 13.1 Å². The van der Waals surface area contributed by atoms with E-state index in [-0.39, 0.29) is 19.0 Å². The van der Waals surface area contributed by atoms with Crippen LogP contribution in [0, 0.1) is 0 Å². The van der Waals surface area contributed by atoms with Crippen LogP contribution in [0.2, 0.25) is 0 Å². The third-order valence-corrected chi connectivity index (χ3v) is 2.57. The van der Waals surface area contributed by atoms with Gasteiger partial charge in [0.05, 0.1) is 6.54 Å². The molecule has 0 spiro atoms. The van der Waals surface area contributed by atoms with Crippen molar-refractivity contribution in [2.45, 2.75) is 13.0 Å². The summed E-state index contributed by atoms with van der Waals surface area (Å²) in [4.78, 5) is 12.5. The number of carboxylic acid groups (broad SMARTS) is 1. The van der Waals surface area contributed by atoms with Gasteiger partial charge in [-0.1, -0.05) is 24.3 Å². The van der Waals surface area contributed by atoms with Gasteiger partial charge in [-0.2, -0.15) is 0 Å². The van der Waals surface area contributed by atoms with Crippen molar-refractivity contribution in [3.63, 3.8) is 0 Å². The first-order valence-corrected chi connectivity index (χ1v) is 4.76. The van der Waals surface area contributed by atoms with Gasteiger partial charge in [0.2, 0.25) is 0 Å². The lowest BCUT2D eigenvalue weighted by Crippen LogP contribution is -2.34. The van der Waals surface area contributed by atoms with E-state index < -0.39 is 5.97 Å². The molecule has 1 N–H and O–H groups in total. The Morgan fingerprint density at radius 1 is 1.33 bits per heavy atom. The Morgan fingerprint density at radius 2 is 2.00 bits per heavy atom. The number of carboxylic acids is 1. The van der Waals surface area contributed by atoms with Crippen LogP contribution in [0.3, 0.4) is 0 Å². The molecule has 0 fully saturated rings. The Bertz CT molecular complexity index is 354. The molecule has 1 aliphatic rings. The van der Waals surface area contributed by atoms with E-state index in [4.69, 9.17) is 5.11 Å². The number of nitrogens with zero attached hydrogens (tertiary/aromatic N) is 1. The molecule has 0 aromatic heterocycles. The predicted molar refractivity (Wildman–Crippen MR) is 60.3 cm³/mol. The average Bonchev–Trinajstić information content (AvgIpc) is 2.17. The van der Waals surface area contributed by atoms with Crippen LogP contribution in [0.5, 0.6) is 0 Å². The molecule has 1 aromatic rings. The van der Waals surface area contributed by atoms with Crippen LogP contribution < -0.4 is 0 Å². The summed E-state index contributed by atoms with van der Waals surface area (Å²) < 4.78 is 0. The second-order valence-electron chi connectivity index (χ2n) is 3.62. The van der Waals surface area contributed by atoms with Gasteiger partial charge in [0.25, 0.3) is 0 Å². The number of hydrogen-bond acceptors (Lipinski definition) is 2. The third kappa shape index (κ3) is 2.94. The van der Waals surface area contributed by atoms with Crippen LogP contribution in [-0.2, 0) is 17.8 Å². The van der Waals surface area contributed by atoms with Crippen molar-refractivity contribution < 1.29 is 9.90 Å². The van der Waals surface area contributed by atoms with Crippen molar-refractivity contribution in [3.05, 3.63) is 35.4 Å². The lowest BCUT2D eigenvalue weighted by Gasteiger charge is -2.26. The molecule has 15 heavy (non-hydrogen) atoms. The highest BCUT2D eigenvalue weighted by Gasteiger charge is 2.16. The number of carbonyl (C=O) groups is 1. The standard InChI is InChI=1S/C11H13NO2.ClH/c13-11(14)8-12-6-5-9-3-1-2-4-10(9)7-12;/h1-4H,5-8H2,(H,13,14);1H. The molecule has 0 radical (unpaired) electrons. The fraction of sp³-hybridized carbons (Fsp3) is 0.364. The zero-order valence-corrected chi connectivity index (χ0v) is 9.17. The minimum absolute atomic E-state index is 0. The Balaban J connectivity index is 0.00000112. The van der Waals surface area contributed by atoms with E-state index in [9.17, 15) is 4.79 Å². The summed E-state index contributed by atoms with van der Waals surface area (Å²) in [5.74, 6) is -0.746. The Morgan fingerprint density at radius 3 is 2.67 bits per heavy atom. The summed E-state index contributed by atoms with van der Waals surface area (Å²) in [7, 11) is 0. The topological polar surface area (TPSA) is 40.5 Å². The first kappa shape index (κ1) is 12.0. The molecule has 3 nitrogen and oxygen atoms in total. The van der Waals surface area contributed by atoms with Crippen molar-refractivity contribution in [1.29, 1.82) is 0 Å². The molecule has 0 atom stereocenters. The van der Waals surface area contributed by atoms with Gasteiger partial charge < -0.3 is 5.11 Å². The number of fused-ring (bicyclic) bond motifs is 1. The molecular formula is C11H14ClNO2. The van der Waals surface area contributed by atoms with Crippen molar-refractivity contribution in [2.75, 3.05) is 13.1 Å². The molecule has 1 aromatic carbocycles. The van der Waals surface area contributed by atoms with E-state index in [1.807, 2.05) is 17.0 Å². The summed E-state index contributed by atoms with van der Waals surface area (Å²) in [6.07, 6.45) is 0.962. The minimum Gasteiger partial charge on any atom is -0.480 e. The second kappa shape index (κ2) is 5.14. The Hall–Kier alpha value is -1.06. The number of benzene rings is 1. The number of rotatable bonds is 2. The maximum atomic E-state index is 10.5. The van der Waals surface area contributed by atoms with Gasteiger partial charge in [0.15, 0.2) is 0 Å². The molecule has 0 saturated carbocycles. The summed E-state index contributed by atoms with van der Waals surface area (Å²) in [5, 5.41) is 8.67. The fourth-order valence-corrected chi connectivity index (χ4v) is 1.88. The van der Waals surface area contributed by atoms with Gasteiger partial charge in [-0.3, -0.25) is 9.69 Å². The van der Waals surface area contributed by atoms with E-state index in [1.54, 1.807) is 0 Å². The molecule has 82 valence electrons. The lowest BCUT2D eigenvalue weighted by molar-refractivity contribution is -0.138. The molecular weight excluding hydrogens is 214 g/mol. The highest BCUT2D eigenvalue weighted by Crippen LogP contribution is 2.17. The van der Waals surface area contributed by atoms with Crippen LogP contribution in [0.1, 0.15) is 11.1 Å². The van der Waals surface area contributed by atoms with Gasteiger partial charge in [-0.05, 0) is 17.5 Å². The fourth-order valence-electron chi connectivity index (χ4n) is 1.88. The minimum atomic E-state index is -0.746. The summed E-state index contributed by atoms with van der Waals surface area (Å²) >= 11 is 0. The number of aliphatic carboxylic acids is 1. The number of halogens is 1. The zero-order valence-electron chi connectivity index (χ0n) is 8.35.